The van der Waals surface area contributed by atoms with Crippen LogP contribution in [0, 0.1) is 6.92 Å². The zero-order valence-electron chi connectivity index (χ0n) is 14.6. The van der Waals surface area contributed by atoms with Crippen LogP contribution in [0.3, 0.4) is 0 Å². The molecule has 0 fully saturated rings. The van der Waals surface area contributed by atoms with Gasteiger partial charge in [-0.05, 0) is 43.2 Å². The van der Waals surface area contributed by atoms with Crippen LogP contribution in [-0.2, 0) is 10.0 Å². The number of aliphatic hydroxyl groups excluding tert-OH is 1. The third-order valence-corrected chi connectivity index (χ3v) is 6.26. The normalized spacial score (nSPS) is 15.8. The molecule has 0 spiro atoms. The first-order valence-electron chi connectivity index (χ1n) is 8.46. The van der Waals surface area contributed by atoms with Crippen molar-refractivity contribution in [3.8, 4) is 0 Å². The maximum absolute atomic E-state index is 12.9. The van der Waals surface area contributed by atoms with Crippen LogP contribution in [0.25, 0.3) is 0 Å². The van der Waals surface area contributed by atoms with E-state index in [1.54, 1.807) is 24.3 Å². The third-order valence-electron chi connectivity index (χ3n) is 4.41. The molecule has 0 aliphatic carbocycles. The fourth-order valence-electron chi connectivity index (χ4n) is 2.81. The monoisotopic (exact) mass is 373 g/mol. The predicted octanol–water partition coefficient (Wildman–Crippen LogP) is 2.25. The van der Waals surface area contributed by atoms with Gasteiger partial charge in [0, 0.05) is 12.2 Å². The van der Waals surface area contributed by atoms with E-state index >= 15 is 0 Å². The molecule has 2 aromatic carbocycles. The minimum Gasteiger partial charge on any atom is -0.392 e. The van der Waals surface area contributed by atoms with Gasteiger partial charge in [0.05, 0.1) is 23.7 Å². The molecule has 0 amide bonds. The summed E-state index contributed by atoms with van der Waals surface area (Å²) in [5.74, 6) is 0. The van der Waals surface area contributed by atoms with Crippen LogP contribution in [0.5, 0.6) is 0 Å². The number of hydrogen-bond donors (Lipinski definition) is 3. The van der Waals surface area contributed by atoms with Crippen LogP contribution < -0.4 is 10.9 Å². The summed E-state index contributed by atoms with van der Waals surface area (Å²) in [5.41, 5.74) is 9.48. The molecule has 0 bridgehead atoms. The molecule has 6 nitrogen and oxygen atoms in total. The van der Waals surface area contributed by atoms with Gasteiger partial charge in [-0.1, -0.05) is 35.9 Å². The van der Waals surface area contributed by atoms with Gasteiger partial charge in [-0.3, -0.25) is 0 Å². The smallest absolute Gasteiger partial charge is 0.243 e. The molecule has 0 unspecified atom stereocenters. The van der Waals surface area contributed by atoms with Crippen LogP contribution in [0.4, 0.5) is 5.69 Å². The molecule has 0 aromatic heterocycles. The first-order chi connectivity index (χ1) is 12.5. The molecular formula is C19H23N3O3S. The fraction of sp³-hybridized carbons (Fsp3) is 0.263. The highest BCUT2D eigenvalue weighted by Gasteiger charge is 2.29. The maximum Gasteiger partial charge on any atom is 0.243 e. The van der Waals surface area contributed by atoms with Crippen LogP contribution in [0.1, 0.15) is 12.0 Å². The number of benzene rings is 2. The van der Waals surface area contributed by atoms with Gasteiger partial charge in [0.2, 0.25) is 10.0 Å². The van der Waals surface area contributed by atoms with E-state index in [2.05, 4.69) is 10.9 Å². The van der Waals surface area contributed by atoms with Crippen LogP contribution >= 0.6 is 0 Å². The molecule has 0 saturated heterocycles. The fourth-order valence-corrected chi connectivity index (χ4v) is 4.22. The van der Waals surface area contributed by atoms with E-state index < -0.39 is 10.0 Å². The maximum atomic E-state index is 12.9. The molecule has 2 aromatic rings. The molecule has 0 saturated carbocycles. The molecule has 0 atom stereocenters. The molecule has 3 rings (SSSR count). The van der Waals surface area contributed by atoms with E-state index in [9.17, 15) is 13.5 Å². The second kappa shape index (κ2) is 7.90. The average Bonchev–Trinajstić information content (AvgIpc) is 2.67. The number of para-hydroxylation sites is 1. The van der Waals surface area contributed by atoms with Gasteiger partial charge in [0.25, 0.3) is 0 Å². The highest BCUT2D eigenvalue weighted by molar-refractivity contribution is 7.89. The second-order valence-electron chi connectivity index (χ2n) is 6.26. The number of anilines is 1. The van der Waals surface area contributed by atoms with Crippen molar-refractivity contribution in [2.45, 2.75) is 18.2 Å². The Bertz CT molecular complexity index is 878. The number of aliphatic hydroxyl groups is 1. The lowest BCUT2D eigenvalue weighted by molar-refractivity contribution is 0.308. The highest BCUT2D eigenvalue weighted by atomic mass is 32.2. The number of aryl methyl sites for hydroxylation is 1. The van der Waals surface area contributed by atoms with E-state index in [1.807, 2.05) is 37.3 Å². The van der Waals surface area contributed by atoms with Gasteiger partial charge in [0.1, 0.15) is 0 Å². The summed E-state index contributed by atoms with van der Waals surface area (Å²) in [6.07, 6.45) is 0.487. The van der Waals surface area contributed by atoms with E-state index in [0.717, 1.165) is 16.8 Å². The lowest BCUT2D eigenvalue weighted by Gasteiger charge is -2.30. The van der Waals surface area contributed by atoms with Gasteiger partial charge in [0.15, 0.2) is 0 Å². The number of hydrazine groups is 1. The quantitative estimate of drug-likeness (QED) is 0.677. The molecule has 1 heterocycles. The predicted molar refractivity (Wildman–Crippen MR) is 102 cm³/mol. The van der Waals surface area contributed by atoms with Gasteiger partial charge < -0.3 is 16.0 Å². The molecule has 138 valence electrons. The molecule has 3 N–H and O–H groups in total. The van der Waals surface area contributed by atoms with Crippen molar-refractivity contribution >= 4 is 15.7 Å². The van der Waals surface area contributed by atoms with Crippen molar-refractivity contribution in [3.63, 3.8) is 0 Å². The SMILES string of the molecule is Cc1ccc(S(=O)(=O)N2CCC(CO)=C(NNc3ccccc3)C2)cc1. The second-order valence-corrected chi connectivity index (χ2v) is 8.20. The minimum absolute atomic E-state index is 0.1000. The summed E-state index contributed by atoms with van der Waals surface area (Å²) in [6, 6.07) is 16.4. The molecular weight excluding hydrogens is 350 g/mol. The Morgan fingerprint density at radius 2 is 1.73 bits per heavy atom. The van der Waals surface area contributed by atoms with Gasteiger partial charge in [-0.2, -0.15) is 4.31 Å². The van der Waals surface area contributed by atoms with Crippen LogP contribution in [-0.4, -0.2) is 37.5 Å². The van der Waals surface area contributed by atoms with Gasteiger partial charge in [-0.15, -0.1) is 0 Å². The molecule has 1 aliphatic rings. The number of nitrogens with one attached hydrogen (secondary N) is 2. The lowest BCUT2D eigenvalue weighted by Crippen LogP contribution is -2.42. The Balaban J connectivity index is 1.77. The summed E-state index contributed by atoms with van der Waals surface area (Å²) in [5, 5.41) is 9.60. The van der Waals surface area contributed by atoms with Crippen molar-refractivity contribution < 1.29 is 13.5 Å². The summed E-state index contributed by atoms with van der Waals surface area (Å²) in [6.45, 7) is 2.36. The van der Waals surface area contributed by atoms with E-state index in [0.29, 0.717) is 18.7 Å². The van der Waals surface area contributed by atoms with Gasteiger partial charge in [-0.25, -0.2) is 8.42 Å². The zero-order valence-corrected chi connectivity index (χ0v) is 15.5. The van der Waals surface area contributed by atoms with Crippen molar-refractivity contribution in [1.82, 2.24) is 9.73 Å². The van der Waals surface area contributed by atoms with Crippen molar-refractivity contribution in [1.29, 1.82) is 0 Å². The topological polar surface area (TPSA) is 81.7 Å². The summed E-state index contributed by atoms with van der Waals surface area (Å²) in [4.78, 5) is 0.283. The van der Waals surface area contributed by atoms with Crippen LogP contribution in [0.15, 0.2) is 70.8 Å². The van der Waals surface area contributed by atoms with E-state index in [4.69, 9.17) is 0 Å². The Labute approximate surface area is 154 Å². The summed E-state index contributed by atoms with van der Waals surface area (Å²) >= 11 is 0. The summed E-state index contributed by atoms with van der Waals surface area (Å²) < 4.78 is 27.2. The Morgan fingerprint density at radius 1 is 1.04 bits per heavy atom. The average molecular weight is 373 g/mol. The first kappa shape index (κ1) is 18.4. The van der Waals surface area contributed by atoms with Crippen molar-refractivity contribution in [2.24, 2.45) is 0 Å². The number of nitrogens with zero attached hydrogens (tertiary/aromatic N) is 1. The minimum atomic E-state index is -3.58. The lowest BCUT2D eigenvalue weighted by atomic mass is 10.1. The first-order valence-corrected chi connectivity index (χ1v) is 9.90. The number of sulfonamides is 1. The number of hydrogen-bond acceptors (Lipinski definition) is 5. The van der Waals surface area contributed by atoms with Gasteiger partial charge >= 0.3 is 0 Å². The molecule has 7 heteroatoms. The third kappa shape index (κ3) is 4.07. The van der Waals surface area contributed by atoms with E-state index in [-0.39, 0.29) is 18.0 Å². The Kier molecular flexibility index (Phi) is 5.61. The number of rotatable bonds is 6. The van der Waals surface area contributed by atoms with Crippen LogP contribution in [0.2, 0.25) is 0 Å². The highest BCUT2D eigenvalue weighted by Crippen LogP contribution is 2.23. The van der Waals surface area contributed by atoms with Crippen molar-refractivity contribution in [2.75, 3.05) is 25.1 Å². The Morgan fingerprint density at radius 3 is 2.38 bits per heavy atom. The standard InChI is InChI=1S/C19H23N3O3S/c1-15-7-9-18(10-8-15)26(24,25)22-12-11-16(14-23)19(13-22)21-20-17-5-3-2-4-6-17/h2-10,20-21,23H,11-14H2,1H3. The van der Waals surface area contributed by atoms with Crippen molar-refractivity contribution in [3.05, 3.63) is 71.4 Å². The largest absolute Gasteiger partial charge is 0.392 e. The Hall–Kier alpha value is -2.35. The zero-order chi connectivity index (χ0) is 18.6. The molecule has 1 aliphatic heterocycles. The molecule has 26 heavy (non-hydrogen) atoms. The molecule has 0 radical (unpaired) electrons. The van der Waals surface area contributed by atoms with E-state index in [1.165, 1.54) is 4.31 Å². The summed E-state index contributed by atoms with van der Waals surface area (Å²) in [7, 11) is -3.58.